The maximum atomic E-state index is 2.40. The van der Waals surface area contributed by atoms with Crippen molar-refractivity contribution in [3.63, 3.8) is 0 Å². The number of rotatable bonds is 0. The fourth-order valence-electron chi connectivity index (χ4n) is 2.10. The van der Waals surface area contributed by atoms with Crippen LogP contribution in [0, 0.1) is 23.7 Å². The highest BCUT2D eigenvalue weighted by atomic mass is 14.3. The molecule has 0 spiro atoms. The Bertz CT molecular complexity index is 80.6. The van der Waals surface area contributed by atoms with E-state index in [-0.39, 0.29) is 0 Å². The molecule has 1 fully saturated rings. The van der Waals surface area contributed by atoms with E-state index >= 15 is 0 Å². The van der Waals surface area contributed by atoms with E-state index in [0.29, 0.717) is 0 Å². The van der Waals surface area contributed by atoms with Gasteiger partial charge in [0.05, 0.1) is 0 Å². The Balaban J connectivity index is 2.46. The second-order valence-electron chi connectivity index (χ2n) is 4.38. The molecule has 0 N–H and O–H groups in total. The predicted octanol–water partition coefficient (Wildman–Crippen LogP) is 3.32. The van der Waals surface area contributed by atoms with E-state index in [1.54, 1.807) is 0 Å². The first kappa shape index (κ1) is 8.10. The van der Waals surface area contributed by atoms with Crippen molar-refractivity contribution in [2.24, 2.45) is 23.7 Å². The van der Waals surface area contributed by atoms with E-state index in [2.05, 4.69) is 27.7 Å². The summed E-state index contributed by atoms with van der Waals surface area (Å²) in [5.41, 5.74) is 0. The Morgan fingerprint density at radius 3 is 1.00 bits per heavy atom. The largest absolute Gasteiger partial charge is 0.0622 e. The Labute approximate surface area is 65.0 Å². The van der Waals surface area contributed by atoms with E-state index < -0.39 is 0 Å². The lowest BCUT2D eigenvalue weighted by Crippen LogP contribution is -2.25. The van der Waals surface area contributed by atoms with Crippen LogP contribution in [-0.2, 0) is 0 Å². The molecule has 10 heavy (non-hydrogen) atoms. The Hall–Kier alpha value is 0. The van der Waals surface area contributed by atoms with Crippen molar-refractivity contribution in [2.45, 2.75) is 40.5 Å². The lowest BCUT2D eigenvalue weighted by atomic mass is 9.71. The summed E-state index contributed by atoms with van der Waals surface area (Å²) in [6.07, 6.45) is 2.89. The van der Waals surface area contributed by atoms with Gasteiger partial charge in [0.15, 0.2) is 0 Å². The first-order chi connectivity index (χ1) is 4.61. The predicted molar refractivity (Wildman–Crippen MR) is 45.9 cm³/mol. The van der Waals surface area contributed by atoms with Gasteiger partial charge in [0.25, 0.3) is 0 Å². The zero-order valence-electron chi connectivity index (χ0n) is 7.72. The molecular formula is C10H20. The molecule has 0 aromatic heterocycles. The molecule has 0 aliphatic heterocycles. The molecule has 0 heteroatoms. The summed E-state index contributed by atoms with van der Waals surface area (Å²) in [5.74, 6) is 3.86. The molecule has 4 atom stereocenters. The van der Waals surface area contributed by atoms with Crippen LogP contribution >= 0.6 is 0 Å². The minimum atomic E-state index is 0.964. The zero-order valence-corrected chi connectivity index (χ0v) is 7.72. The van der Waals surface area contributed by atoms with Gasteiger partial charge in [0.2, 0.25) is 0 Å². The average molecular weight is 140 g/mol. The molecule has 0 aromatic rings. The van der Waals surface area contributed by atoms with E-state index in [4.69, 9.17) is 0 Å². The second kappa shape index (κ2) is 2.94. The van der Waals surface area contributed by atoms with Gasteiger partial charge in [0.1, 0.15) is 0 Å². The van der Waals surface area contributed by atoms with E-state index in [0.717, 1.165) is 23.7 Å². The van der Waals surface area contributed by atoms with Crippen LogP contribution < -0.4 is 0 Å². The van der Waals surface area contributed by atoms with Crippen LogP contribution in [0.3, 0.4) is 0 Å². The third-order valence-corrected chi connectivity index (χ3v) is 3.43. The topological polar surface area (TPSA) is 0 Å². The standard InChI is InChI=1S/C10H20/c1-7-5-9(3)10(4)6-8(7)2/h7-10H,5-6H2,1-4H3/t7-,8-,9-,10+/m0/s1. The molecule has 1 rings (SSSR count). The lowest BCUT2D eigenvalue weighted by molar-refractivity contribution is 0.157. The Morgan fingerprint density at radius 2 is 0.800 bits per heavy atom. The molecule has 0 aromatic carbocycles. The van der Waals surface area contributed by atoms with Gasteiger partial charge < -0.3 is 0 Å². The molecule has 0 nitrogen and oxygen atoms in total. The van der Waals surface area contributed by atoms with E-state index in [9.17, 15) is 0 Å². The lowest BCUT2D eigenvalue weighted by Gasteiger charge is -2.35. The highest BCUT2D eigenvalue weighted by Gasteiger charge is 2.26. The summed E-state index contributed by atoms with van der Waals surface area (Å²) in [6, 6.07) is 0. The summed E-state index contributed by atoms with van der Waals surface area (Å²) in [7, 11) is 0. The van der Waals surface area contributed by atoms with Crippen LogP contribution in [-0.4, -0.2) is 0 Å². The minimum absolute atomic E-state index is 0.964. The molecular weight excluding hydrogens is 120 g/mol. The molecule has 0 saturated heterocycles. The summed E-state index contributed by atoms with van der Waals surface area (Å²) in [4.78, 5) is 0. The molecule has 0 unspecified atom stereocenters. The third-order valence-electron chi connectivity index (χ3n) is 3.43. The molecule has 0 radical (unpaired) electrons. The fraction of sp³-hybridized carbons (Fsp3) is 1.00. The molecule has 1 aliphatic rings. The third kappa shape index (κ3) is 1.53. The molecule has 0 bridgehead atoms. The van der Waals surface area contributed by atoms with Gasteiger partial charge in [-0.1, -0.05) is 27.7 Å². The fourth-order valence-corrected chi connectivity index (χ4v) is 2.10. The Kier molecular flexibility index (Phi) is 2.38. The average Bonchev–Trinajstić information content (AvgIpc) is 1.84. The van der Waals surface area contributed by atoms with Gasteiger partial charge in [-0.05, 0) is 36.5 Å². The summed E-state index contributed by atoms with van der Waals surface area (Å²) in [6.45, 7) is 9.58. The number of hydrogen-bond donors (Lipinski definition) is 0. The van der Waals surface area contributed by atoms with Crippen molar-refractivity contribution in [3.8, 4) is 0 Å². The van der Waals surface area contributed by atoms with Crippen LogP contribution in [0.5, 0.6) is 0 Å². The summed E-state index contributed by atoms with van der Waals surface area (Å²) < 4.78 is 0. The number of hydrogen-bond acceptors (Lipinski definition) is 0. The zero-order chi connectivity index (χ0) is 7.72. The SMILES string of the molecule is C[C@@H]1C[C@H](C)[C@@H](C)C[C@@H]1C. The van der Waals surface area contributed by atoms with Crippen molar-refractivity contribution >= 4 is 0 Å². The highest BCUT2D eigenvalue weighted by molar-refractivity contribution is 4.77. The summed E-state index contributed by atoms with van der Waals surface area (Å²) in [5, 5.41) is 0. The van der Waals surface area contributed by atoms with Gasteiger partial charge in [-0.15, -0.1) is 0 Å². The molecule has 0 heterocycles. The second-order valence-corrected chi connectivity index (χ2v) is 4.38. The minimum Gasteiger partial charge on any atom is -0.0622 e. The van der Waals surface area contributed by atoms with Crippen molar-refractivity contribution in [2.75, 3.05) is 0 Å². The van der Waals surface area contributed by atoms with Crippen LogP contribution in [0.25, 0.3) is 0 Å². The Morgan fingerprint density at radius 1 is 0.600 bits per heavy atom. The quantitative estimate of drug-likeness (QED) is 0.484. The maximum absolute atomic E-state index is 2.40. The maximum Gasteiger partial charge on any atom is -0.0414 e. The van der Waals surface area contributed by atoms with Gasteiger partial charge in [-0.3, -0.25) is 0 Å². The van der Waals surface area contributed by atoms with Gasteiger partial charge >= 0.3 is 0 Å². The van der Waals surface area contributed by atoms with Gasteiger partial charge in [-0.2, -0.15) is 0 Å². The van der Waals surface area contributed by atoms with Crippen LogP contribution in [0.2, 0.25) is 0 Å². The molecule has 1 saturated carbocycles. The van der Waals surface area contributed by atoms with Gasteiger partial charge in [-0.25, -0.2) is 0 Å². The molecule has 60 valence electrons. The van der Waals surface area contributed by atoms with E-state index in [1.165, 1.54) is 12.8 Å². The van der Waals surface area contributed by atoms with Crippen LogP contribution in [0.4, 0.5) is 0 Å². The highest BCUT2D eigenvalue weighted by Crippen LogP contribution is 2.36. The van der Waals surface area contributed by atoms with Crippen LogP contribution in [0.15, 0.2) is 0 Å². The van der Waals surface area contributed by atoms with Crippen molar-refractivity contribution in [1.82, 2.24) is 0 Å². The normalized spacial score (nSPS) is 49.2. The van der Waals surface area contributed by atoms with Crippen molar-refractivity contribution < 1.29 is 0 Å². The smallest absolute Gasteiger partial charge is 0.0414 e. The molecule has 0 amide bonds. The van der Waals surface area contributed by atoms with Gasteiger partial charge in [0, 0.05) is 0 Å². The summed E-state index contributed by atoms with van der Waals surface area (Å²) >= 11 is 0. The van der Waals surface area contributed by atoms with Crippen molar-refractivity contribution in [1.29, 1.82) is 0 Å². The molecule has 1 aliphatic carbocycles. The monoisotopic (exact) mass is 140 g/mol. The van der Waals surface area contributed by atoms with Crippen molar-refractivity contribution in [3.05, 3.63) is 0 Å². The first-order valence-electron chi connectivity index (χ1n) is 4.61. The van der Waals surface area contributed by atoms with E-state index in [1.807, 2.05) is 0 Å². The van der Waals surface area contributed by atoms with Crippen LogP contribution in [0.1, 0.15) is 40.5 Å². The first-order valence-corrected chi connectivity index (χ1v) is 4.61.